The van der Waals surface area contributed by atoms with Crippen molar-refractivity contribution in [2.45, 2.75) is 57.4 Å². The second-order valence-electron chi connectivity index (χ2n) is 9.54. The molecule has 1 saturated carbocycles. The fourth-order valence-corrected chi connectivity index (χ4v) is 5.15. The molecule has 0 aliphatic heterocycles. The van der Waals surface area contributed by atoms with Crippen LogP contribution >= 0.6 is 0 Å². The Labute approximate surface area is 199 Å². The second kappa shape index (κ2) is 9.19. The van der Waals surface area contributed by atoms with Crippen molar-refractivity contribution in [1.29, 1.82) is 0 Å². The molecule has 5 rings (SSSR count). The molecule has 0 radical (unpaired) electrons. The van der Waals surface area contributed by atoms with E-state index in [2.05, 4.69) is 58.7 Å². The zero-order valence-corrected chi connectivity index (χ0v) is 19.8. The molecule has 1 aromatic carbocycles. The lowest BCUT2D eigenvalue weighted by Gasteiger charge is -2.19. The fraction of sp³-hybridized carbons (Fsp3) is 0.423. The average Bonchev–Trinajstić information content (AvgIpc) is 3.38. The predicted molar refractivity (Wildman–Crippen MR) is 135 cm³/mol. The van der Waals surface area contributed by atoms with Crippen molar-refractivity contribution < 1.29 is 10.2 Å². The molecule has 1 fully saturated rings. The molecule has 3 heterocycles. The summed E-state index contributed by atoms with van der Waals surface area (Å²) < 4.78 is 1.98. The summed E-state index contributed by atoms with van der Waals surface area (Å²) in [6.07, 6.45) is 4.15. The van der Waals surface area contributed by atoms with Crippen LogP contribution in [-0.4, -0.2) is 55.0 Å². The minimum atomic E-state index is -0.837. The number of fused-ring (bicyclic) bond motifs is 2. The van der Waals surface area contributed by atoms with E-state index in [0.29, 0.717) is 12.5 Å². The Morgan fingerprint density at radius 3 is 2.71 bits per heavy atom. The first kappa shape index (κ1) is 22.6. The lowest BCUT2D eigenvalue weighted by molar-refractivity contribution is 0.00545. The maximum Gasteiger partial charge on any atom is 0.145 e. The monoisotopic (exact) mass is 460 g/mol. The van der Waals surface area contributed by atoms with Gasteiger partial charge in [-0.1, -0.05) is 12.1 Å². The summed E-state index contributed by atoms with van der Waals surface area (Å²) in [4.78, 5) is 13.4. The highest BCUT2D eigenvalue weighted by atomic mass is 16.3. The van der Waals surface area contributed by atoms with E-state index >= 15 is 0 Å². The Morgan fingerprint density at radius 2 is 1.91 bits per heavy atom. The molecule has 8 nitrogen and oxygen atoms in total. The molecule has 4 atom stereocenters. The van der Waals surface area contributed by atoms with Crippen molar-refractivity contribution >= 4 is 33.6 Å². The lowest BCUT2D eigenvalue weighted by Crippen LogP contribution is -2.29. The van der Waals surface area contributed by atoms with Crippen LogP contribution in [0.2, 0.25) is 0 Å². The summed E-state index contributed by atoms with van der Waals surface area (Å²) in [7, 11) is 1.83. The highest BCUT2D eigenvalue weighted by Gasteiger charge is 2.42. The molecular formula is C26H32N6O2. The maximum atomic E-state index is 10.9. The predicted octanol–water partition coefficient (Wildman–Crippen LogP) is 3.76. The summed E-state index contributed by atoms with van der Waals surface area (Å²) in [6, 6.07) is 12.5. The third kappa shape index (κ3) is 4.19. The van der Waals surface area contributed by atoms with Crippen LogP contribution in [0.3, 0.4) is 0 Å². The number of aromatic nitrogens is 4. The molecule has 34 heavy (non-hydrogen) atoms. The van der Waals surface area contributed by atoms with E-state index in [4.69, 9.17) is 4.98 Å². The standard InChI is InChI=1S/C26H32N6O2/c1-15(2)30-22-9-8-17-6-4-16(12-20(17)31-22)5-7-18-13-21(24(34)23(18)33)32-11-10-19-25(27-3)28-14-29-26(19)32/h4,6,8-12,14-15,18,21,23-24,33-34H,5,7,13H2,1-3H3,(H,30,31)(H,27,28,29)/t18-,21+,23+,24-/m0/s1. The van der Waals surface area contributed by atoms with Crippen LogP contribution in [0.1, 0.15) is 38.3 Å². The number of aryl methyl sites for hydroxylation is 1. The van der Waals surface area contributed by atoms with Gasteiger partial charge in [-0.15, -0.1) is 0 Å². The van der Waals surface area contributed by atoms with Gasteiger partial charge in [0.2, 0.25) is 0 Å². The SMILES string of the molecule is CNc1ncnc2c1ccn2[C@@H]1C[C@H](CCc2ccc3ccc(NC(C)C)nc3c2)[C@@H](O)[C@H]1O. The summed E-state index contributed by atoms with van der Waals surface area (Å²) in [5, 5.41) is 30.2. The molecule has 1 aliphatic rings. The van der Waals surface area contributed by atoms with E-state index in [0.717, 1.165) is 46.4 Å². The van der Waals surface area contributed by atoms with Gasteiger partial charge in [0.05, 0.1) is 23.0 Å². The molecule has 4 aromatic rings. The zero-order chi connectivity index (χ0) is 23.8. The van der Waals surface area contributed by atoms with E-state index in [-0.39, 0.29) is 12.0 Å². The van der Waals surface area contributed by atoms with Crippen LogP contribution in [-0.2, 0) is 6.42 Å². The first-order chi connectivity index (χ1) is 16.4. The fourth-order valence-electron chi connectivity index (χ4n) is 5.15. The van der Waals surface area contributed by atoms with Gasteiger partial charge in [-0.05, 0) is 68.9 Å². The molecule has 178 valence electrons. The summed E-state index contributed by atoms with van der Waals surface area (Å²) in [6.45, 7) is 4.19. The first-order valence-electron chi connectivity index (χ1n) is 12.0. The third-order valence-corrected chi connectivity index (χ3v) is 6.87. The Kier molecular flexibility index (Phi) is 6.10. The Balaban J connectivity index is 1.31. The molecular weight excluding hydrogens is 428 g/mol. The number of benzene rings is 1. The third-order valence-electron chi connectivity index (χ3n) is 6.87. The first-order valence-corrected chi connectivity index (χ1v) is 12.0. The van der Waals surface area contributed by atoms with Crippen molar-refractivity contribution in [1.82, 2.24) is 19.5 Å². The van der Waals surface area contributed by atoms with Crippen LogP contribution in [0.4, 0.5) is 11.6 Å². The van der Waals surface area contributed by atoms with Gasteiger partial charge in [-0.2, -0.15) is 0 Å². The van der Waals surface area contributed by atoms with Crippen molar-refractivity contribution in [2.24, 2.45) is 5.92 Å². The van der Waals surface area contributed by atoms with Crippen LogP contribution in [0.25, 0.3) is 21.9 Å². The highest BCUT2D eigenvalue weighted by molar-refractivity contribution is 5.87. The topological polar surface area (TPSA) is 108 Å². The van der Waals surface area contributed by atoms with Gasteiger partial charge in [-0.3, -0.25) is 0 Å². The zero-order valence-electron chi connectivity index (χ0n) is 19.8. The minimum Gasteiger partial charge on any atom is -0.390 e. The molecule has 1 aliphatic carbocycles. The number of hydrogen-bond donors (Lipinski definition) is 4. The molecule has 0 spiro atoms. The molecule has 0 unspecified atom stereocenters. The molecule has 0 saturated heterocycles. The molecule has 0 bridgehead atoms. The molecule has 0 amide bonds. The van der Waals surface area contributed by atoms with Gasteiger partial charge in [0.15, 0.2) is 0 Å². The van der Waals surface area contributed by atoms with Crippen LogP contribution in [0.5, 0.6) is 0 Å². The largest absolute Gasteiger partial charge is 0.390 e. The van der Waals surface area contributed by atoms with E-state index in [9.17, 15) is 10.2 Å². The normalized spacial score (nSPS) is 22.6. The number of rotatable bonds is 7. The maximum absolute atomic E-state index is 10.9. The number of aliphatic hydroxyl groups excluding tert-OH is 2. The Hall–Kier alpha value is -3.23. The van der Waals surface area contributed by atoms with Gasteiger partial charge in [0.25, 0.3) is 0 Å². The molecule has 3 aromatic heterocycles. The number of nitrogens with zero attached hydrogens (tertiary/aromatic N) is 4. The summed E-state index contributed by atoms with van der Waals surface area (Å²) in [5.74, 6) is 1.63. The number of hydrogen-bond acceptors (Lipinski definition) is 7. The smallest absolute Gasteiger partial charge is 0.145 e. The van der Waals surface area contributed by atoms with Crippen molar-refractivity contribution in [3.63, 3.8) is 0 Å². The number of aliphatic hydroxyl groups is 2. The van der Waals surface area contributed by atoms with E-state index in [1.807, 2.05) is 29.9 Å². The Bertz CT molecular complexity index is 1300. The molecule has 8 heteroatoms. The summed E-state index contributed by atoms with van der Waals surface area (Å²) in [5.41, 5.74) is 2.92. The summed E-state index contributed by atoms with van der Waals surface area (Å²) >= 11 is 0. The van der Waals surface area contributed by atoms with Crippen molar-refractivity contribution in [3.8, 4) is 0 Å². The van der Waals surface area contributed by atoms with Crippen molar-refractivity contribution in [3.05, 3.63) is 54.5 Å². The number of nitrogens with one attached hydrogen (secondary N) is 2. The quantitative estimate of drug-likeness (QED) is 0.333. The number of anilines is 2. The number of pyridine rings is 1. The van der Waals surface area contributed by atoms with E-state index < -0.39 is 12.2 Å². The van der Waals surface area contributed by atoms with Crippen LogP contribution in [0.15, 0.2) is 48.9 Å². The van der Waals surface area contributed by atoms with Gasteiger partial charge in [0.1, 0.15) is 29.7 Å². The minimum absolute atomic E-state index is 0.000607. The van der Waals surface area contributed by atoms with Crippen LogP contribution < -0.4 is 10.6 Å². The van der Waals surface area contributed by atoms with Gasteiger partial charge < -0.3 is 25.4 Å². The van der Waals surface area contributed by atoms with Crippen LogP contribution in [0, 0.1) is 5.92 Å². The highest BCUT2D eigenvalue weighted by Crippen LogP contribution is 2.39. The van der Waals surface area contributed by atoms with E-state index in [1.54, 1.807) is 0 Å². The molecule has 4 N–H and O–H groups in total. The van der Waals surface area contributed by atoms with E-state index in [1.165, 1.54) is 11.9 Å². The van der Waals surface area contributed by atoms with Gasteiger partial charge >= 0.3 is 0 Å². The lowest BCUT2D eigenvalue weighted by atomic mass is 9.95. The second-order valence-corrected chi connectivity index (χ2v) is 9.54. The Morgan fingerprint density at radius 1 is 1.09 bits per heavy atom. The van der Waals surface area contributed by atoms with Crippen molar-refractivity contribution in [2.75, 3.05) is 17.7 Å². The average molecular weight is 461 g/mol. The van der Waals surface area contributed by atoms with Gasteiger partial charge in [0, 0.05) is 24.7 Å². The van der Waals surface area contributed by atoms with Gasteiger partial charge in [-0.25, -0.2) is 15.0 Å².